The zero-order valence-corrected chi connectivity index (χ0v) is 15.4. The zero-order chi connectivity index (χ0) is 18.7. The smallest absolute Gasteiger partial charge is 0.344 e. The third-order valence-corrected chi connectivity index (χ3v) is 4.31. The minimum atomic E-state index is -0.665. The van der Waals surface area contributed by atoms with Crippen molar-refractivity contribution >= 4 is 45.9 Å². The van der Waals surface area contributed by atoms with Crippen LogP contribution in [0.25, 0.3) is 10.9 Å². The van der Waals surface area contributed by atoms with Crippen molar-refractivity contribution in [1.82, 2.24) is 4.98 Å². The number of hydrogen-bond donors (Lipinski definition) is 1. The van der Waals surface area contributed by atoms with Crippen LogP contribution in [0.15, 0.2) is 42.5 Å². The predicted molar refractivity (Wildman–Crippen MR) is 100 cm³/mol. The van der Waals surface area contributed by atoms with Gasteiger partial charge in [0.25, 0.3) is 0 Å². The highest BCUT2D eigenvalue weighted by Gasteiger charge is 2.17. The van der Waals surface area contributed by atoms with E-state index in [9.17, 15) is 9.59 Å². The van der Waals surface area contributed by atoms with E-state index in [0.717, 1.165) is 16.6 Å². The number of aromatic amines is 1. The number of H-pyrrole nitrogens is 1. The molecular formula is C19H15Cl2NO4. The van der Waals surface area contributed by atoms with E-state index in [1.165, 1.54) is 6.07 Å². The number of hydrogen-bond acceptors (Lipinski definition) is 4. The number of ketones is 1. The first-order chi connectivity index (χ1) is 12.5. The number of rotatable bonds is 6. The van der Waals surface area contributed by atoms with Crippen molar-refractivity contribution in [1.29, 1.82) is 0 Å². The minimum Gasteiger partial charge on any atom is -0.480 e. The molecule has 0 saturated heterocycles. The molecular weight excluding hydrogens is 377 g/mol. The first kappa shape index (κ1) is 18.3. The van der Waals surface area contributed by atoms with Crippen LogP contribution < -0.4 is 4.74 Å². The summed E-state index contributed by atoms with van der Waals surface area (Å²) in [7, 11) is 0. The fourth-order valence-electron chi connectivity index (χ4n) is 2.62. The topological polar surface area (TPSA) is 68.4 Å². The summed E-state index contributed by atoms with van der Waals surface area (Å²) >= 11 is 11.8. The third kappa shape index (κ3) is 4.00. The van der Waals surface area contributed by atoms with E-state index in [2.05, 4.69) is 4.98 Å². The average molecular weight is 392 g/mol. The van der Waals surface area contributed by atoms with Crippen molar-refractivity contribution < 1.29 is 19.1 Å². The summed E-state index contributed by atoms with van der Waals surface area (Å²) in [5.74, 6) is -0.633. The minimum absolute atomic E-state index is 0.280. The number of carbonyl (C=O) groups excluding carboxylic acids is 2. The van der Waals surface area contributed by atoms with Crippen molar-refractivity contribution in [3.8, 4) is 5.75 Å². The predicted octanol–water partition coefficient (Wildman–Crippen LogP) is 4.59. The van der Waals surface area contributed by atoms with Crippen LogP contribution in [0.3, 0.4) is 0 Å². The summed E-state index contributed by atoms with van der Waals surface area (Å²) in [5.41, 5.74) is 2.12. The van der Waals surface area contributed by atoms with Crippen molar-refractivity contribution in [2.45, 2.75) is 6.92 Å². The van der Waals surface area contributed by atoms with Crippen LogP contribution in [0.5, 0.6) is 5.75 Å². The monoisotopic (exact) mass is 391 g/mol. The Morgan fingerprint density at radius 1 is 1.08 bits per heavy atom. The Hall–Kier alpha value is -2.50. The molecule has 0 fully saturated rings. The van der Waals surface area contributed by atoms with Crippen LogP contribution in [0.2, 0.25) is 10.0 Å². The molecule has 1 N–H and O–H groups in total. The first-order valence-electron chi connectivity index (χ1n) is 7.79. The quantitative estimate of drug-likeness (QED) is 0.492. The Morgan fingerprint density at radius 3 is 2.62 bits per heavy atom. The lowest BCUT2D eigenvalue weighted by molar-refractivity contribution is -0.144. The van der Waals surface area contributed by atoms with Crippen molar-refractivity contribution in [2.75, 3.05) is 13.2 Å². The van der Waals surface area contributed by atoms with Gasteiger partial charge in [0.05, 0.1) is 5.02 Å². The summed E-state index contributed by atoms with van der Waals surface area (Å²) in [6, 6.07) is 12.1. The molecule has 0 aliphatic carbocycles. The maximum absolute atomic E-state index is 12.4. The summed E-state index contributed by atoms with van der Waals surface area (Å²) in [4.78, 5) is 27.4. The van der Waals surface area contributed by atoms with E-state index in [1.54, 1.807) is 19.1 Å². The molecule has 0 amide bonds. The van der Waals surface area contributed by atoms with Gasteiger partial charge in [0.1, 0.15) is 5.75 Å². The number of para-hydroxylation sites is 1. The fraction of sp³-hybridized carbons (Fsp3) is 0.158. The van der Waals surface area contributed by atoms with Gasteiger partial charge >= 0.3 is 5.97 Å². The number of halogens is 2. The van der Waals surface area contributed by atoms with Crippen molar-refractivity contribution in [3.05, 3.63) is 63.8 Å². The number of ether oxygens (including phenoxy) is 2. The van der Waals surface area contributed by atoms with Gasteiger partial charge in [-0.05, 0) is 31.2 Å². The van der Waals surface area contributed by atoms with Crippen LogP contribution in [0, 0.1) is 6.92 Å². The summed E-state index contributed by atoms with van der Waals surface area (Å²) < 4.78 is 10.3. The molecule has 0 aliphatic rings. The van der Waals surface area contributed by atoms with E-state index >= 15 is 0 Å². The van der Waals surface area contributed by atoms with Gasteiger partial charge < -0.3 is 14.5 Å². The van der Waals surface area contributed by atoms with Gasteiger partial charge in [-0.25, -0.2) is 4.79 Å². The molecule has 1 aromatic heterocycles. The molecule has 0 unspecified atom stereocenters. The van der Waals surface area contributed by atoms with Gasteiger partial charge in [0.15, 0.2) is 13.2 Å². The second-order valence-electron chi connectivity index (χ2n) is 5.62. The Bertz CT molecular complexity index is 981. The van der Waals surface area contributed by atoms with Crippen LogP contribution in [0.1, 0.15) is 16.1 Å². The van der Waals surface area contributed by atoms with Gasteiger partial charge in [-0.1, -0.05) is 41.4 Å². The van der Waals surface area contributed by atoms with E-state index in [1.807, 2.05) is 24.3 Å². The summed E-state index contributed by atoms with van der Waals surface area (Å²) in [5, 5.41) is 1.55. The summed E-state index contributed by atoms with van der Waals surface area (Å²) in [6.45, 7) is 1.08. The Balaban J connectivity index is 1.58. The number of carbonyl (C=O) groups is 2. The first-order valence-corrected chi connectivity index (χ1v) is 8.55. The molecule has 0 atom stereocenters. The number of nitrogens with one attached hydrogen (secondary N) is 1. The fourth-order valence-corrected chi connectivity index (χ4v) is 3.09. The lowest BCUT2D eigenvalue weighted by atomic mass is 10.1. The van der Waals surface area contributed by atoms with E-state index in [4.69, 9.17) is 32.7 Å². The molecule has 0 aliphatic heterocycles. The molecule has 0 saturated carbocycles. The van der Waals surface area contributed by atoms with Gasteiger partial charge in [0.2, 0.25) is 5.78 Å². The Morgan fingerprint density at radius 2 is 1.85 bits per heavy atom. The molecule has 0 radical (unpaired) electrons. The second-order valence-corrected chi connectivity index (χ2v) is 6.46. The highest BCUT2D eigenvalue weighted by molar-refractivity contribution is 6.35. The molecule has 1 heterocycles. The molecule has 26 heavy (non-hydrogen) atoms. The summed E-state index contributed by atoms with van der Waals surface area (Å²) in [6.07, 6.45) is 0. The normalized spacial score (nSPS) is 10.7. The highest BCUT2D eigenvalue weighted by atomic mass is 35.5. The molecule has 7 heteroatoms. The Kier molecular flexibility index (Phi) is 5.49. The van der Waals surface area contributed by atoms with Gasteiger partial charge in [-0.2, -0.15) is 0 Å². The number of aromatic nitrogens is 1. The Labute approximate surface area is 159 Å². The number of esters is 1. The van der Waals surface area contributed by atoms with Crippen LogP contribution >= 0.6 is 23.2 Å². The van der Waals surface area contributed by atoms with E-state index in [-0.39, 0.29) is 24.0 Å². The maximum Gasteiger partial charge on any atom is 0.344 e. The van der Waals surface area contributed by atoms with Gasteiger partial charge in [-0.15, -0.1) is 0 Å². The standard InChI is InChI=1S/C19H15Cl2NO4/c1-11-19(13-4-2-3-5-15(13)22-11)16(23)9-26-18(24)10-25-17-7-6-12(20)8-14(17)21/h2-8,22H,9-10H2,1H3. The lowest BCUT2D eigenvalue weighted by Crippen LogP contribution is -2.19. The van der Waals surface area contributed by atoms with Gasteiger partial charge in [0, 0.05) is 27.2 Å². The van der Waals surface area contributed by atoms with E-state index in [0.29, 0.717) is 16.3 Å². The third-order valence-electron chi connectivity index (χ3n) is 3.78. The van der Waals surface area contributed by atoms with E-state index < -0.39 is 5.97 Å². The zero-order valence-electron chi connectivity index (χ0n) is 13.8. The molecule has 3 aromatic rings. The SMILES string of the molecule is Cc1[nH]c2ccccc2c1C(=O)COC(=O)COc1ccc(Cl)cc1Cl. The number of fused-ring (bicyclic) bond motifs is 1. The highest BCUT2D eigenvalue weighted by Crippen LogP contribution is 2.27. The maximum atomic E-state index is 12.4. The van der Waals surface area contributed by atoms with Crippen LogP contribution in [-0.4, -0.2) is 30.0 Å². The largest absolute Gasteiger partial charge is 0.480 e. The molecule has 134 valence electrons. The number of aryl methyl sites for hydroxylation is 1. The molecule has 5 nitrogen and oxygen atoms in total. The van der Waals surface area contributed by atoms with Crippen molar-refractivity contribution in [2.24, 2.45) is 0 Å². The average Bonchev–Trinajstić information content (AvgIpc) is 2.94. The van der Waals surface area contributed by atoms with Crippen LogP contribution in [0.4, 0.5) is 0 Å². The van der Waals surface area contributed by atoms with Crippen LogP contribution in [-0.2, 0) is 9.53 Å². The second kappa shape index (κ2) is 7.81. The molecule has 3 rings (SSSR count). The molecule has 0 spiro atoms. The molecule has 0 bridgehead atoms. The lowest BCUT2D eigenvalue weighted by Gasteiger charge is -2.08. The molecule has 2 aromatic carbocycles. The number of Topliss-reactive ketones (excluding diaryl/α,β-unsaturated/α-hetero) is 1. The van der Waals surface area contributed by atoms with Crippen molar-refractivity contribution in [3.63, 3.8) is 0 Å². The van der Waals surface area contributed by atoms with Gasteiger partial charge in [-0.3, -0.25) is 4.79 Å². The number of benzene rings is 2.